The normalized spacial score (nSPS) is 17.8. The summed E-state index contributed by atoms with van der Waals surface area (Å²) in [6.45, 7) is 8.93. The summed E-state index contributed by atoms with van der Waals surface area (Å²) in [5.41, 5.74) is 1.59. The van der Waals surface area contributed by atoms with Gasteiger partial charge in [-0.1, -0.05) is 12.1 Å². The van der Waals surface area contributed by atoms with Gasteiger partial charge in [-0.3, -0.25) is 4.79 Å². The molecule has 1 aliphatic heterocycles. The van der Waals surface area contributed by atoms with Gasteiger partial charge < -0.3 is 10.6 Å². The molecule has 2 aliphatic rings. The molecule has 1 aliphatic carbocycles. The number of aromatic nitrogens is 4. The molecule has 0 bridgehead atoms. The minimum Gasteiger partial charge on any atom is -0.340 e. The van der Waals surface area contributed by atoms with Gasteiger partial charge in [0.15, 0.2) is 5.82 Å². The summed E-state index contributed by atoms with van der Waals surface area (Å²) >= 11 is 0. The van der Waals surface area contributed by atoms with Gasteiger partial charge in [-0.15, -0.1) is 0 Å². The molecule has 0 atom stereocenters. The highest BCUT2D eigenvalue weighted by atomic mass is 19.4. The van der Waals surface area contributed by atoms with Crippen LogP contribution in [0.2, 0.25) is 0 Å². The van der Waals surface area contributed by atoms with Crippen LogP contribution in [0.25, 0.3) is 16.7 Å². The van der Waals surface area contributed by atoms with Crippen LogP contribution in [0.1, 0.15) is 63.4 Å². The van der Waals surface area contributed by atoms with Crippen molar-refractivity contribution < 1.29 is 13.2 Å². The van der Waals surface area contributed by atoms with E-state index in [0.29, 0.717) is 16.7 Å². The molecule has 6 rings (SSSR count). The van der Waals surface area contributed by atoms with Crippen LogP contribution in [0.5, 0.6) is 0 Å². The van der Waals surface area contributed by atoms with E-state index >= 15 is 0 Å². The molecule has 0 spiro atoms. The fourth-order valence-corrected chi connectivity index (χ4v) is 5.74. The summed E-state index contributed by atoms with van der Waals surface area (Å²) in [5, 5.41) is 7.25. The van der Waals surface area contributed by atoms with Crippen molar-refractivity contribution in [3.63, 3.8) is 0 Å². The third kappa shape index (κ3) is 4.12. The lowest BCUT2D eigenvalue weighted by Crippen LogP contribution is -2.42. The fraction of sp³-hybridized carbons (Fsp3) is 0.414. The fourth-order valence-electron chi connectivity index (χ4n) is 5.74. The van der Waals surface area contributed by atoms with Gasteiger partial charge in [-0.05, 0) is 88.9 Å². The molecule has 1 fully saturated rings. The lowest BCUT2D eigenvalue weighted by atomic mass is 9.85. The predicted molar refractivity (Wildman–Crippen MR) is 145 cm³/mol. The average Bonchev–Trinajstić information content (AvgIpc) is 3.64. The van der Waals surface area contributed by atoms with Crippen LogP contribution in [-0.2, 0) is 17.4 Å². The molecule has 7 nitrogen and oxygen atoms in total. The van der Waals surface area contributed by atoms with Gasteiger partial charge in [-0.2, -0.15) is 13.2 Å². The zero-order valence-electron chi connectivity index (χ0n) is 22.4. The summed E-state index contributed by atoms with van der Waals surface area (Å²) in [6, 6.07) is 12.4. The molecule has 4 aromatic rings. The summed E-state index contributed by atoms with van der Waals surface area (Å²) < 4.78 is 44.7. The van der Waals surface area contributed by atoms with Gasteiger partial charge in [0.1, 0.15) is 11.2 Å². The van der Waals surface area contributed by atoms with Gasteiger partial charge in [0.2, 0.25) is 0 Å². The molecule has 0 amide bonds. The molecule has 1 aromatic carbocycles. The SMILES string of the molecule is CC(C)n1c(=O)c2cnc(Nc3ccc4c(c3)CCNC4(C)C)cc2n1-c1cccc(C2(C(F)(F)F)CC2)n1. The zero-order valence-corrected chi connectivity index (χ0v) is 22.4. The van der Waals surface area contributed by atoms with E-state index in [4.69, 9.17) is 0 Å². The Morgan fingerprint density at radius 3 is 2.56 bits per heavy atom. The van der Waals surface area contributed by atoms with E-state index in [-0.39, 0.29) is 41.5 Å². The summed E-state index contributed by atoms with van der Waals surface area (Å²) in [7, 11) is 0. The molecule has 0 radical (unpaired) electrons. The highest BCUT2D eigenvalue weighted by molar-refractivity contribution is 5.82. The molecule has 10 heteroatoms. The summed E-state index contributed by atoms with van der Waals surface area (Å²) in [6.07, 6.45) is -1.91. The molecule has 39 heavy (non-hydrogen) atoms. The van der Waals surface area contributed by atoms with Gasteiger partial charge in [0, 0.05) is 29.5 Å². The number of rotatable bonds is 5. The van der Waals surface area contributed by atoms with E-state index in [2.05, 4.69) is 46.6 Å². The molecule has 0 saturated heterocycles. The van der Waals surface area contributed by atoms with E-state index in [0.717, 1.165) is 18.7 Å². The summed E-state index contributed by atoms with van der Waals surface area (Å²) in [5.74, 6) is 0.792. The van der Waals surface area contributed by atoms with Crippen LogP contribution in [0.15, 0.2) is 53.5 Å². The van der Waals surface area contributed by atoms with E-state index in [1.807, 2.05) is 19.9 Å². The van der Waals surface area contributed by atoms with E-state index in [1.165, 1.54) is 28.1 Å². The Balaban J connectivity index is 1.44. The Bertz CT molecular complexity index is 1650. The topological polar surface area (TPSA) is 76.8 Å². The highest BCUT2D eigenvalue weighted by Gasteiger charge is 2.65. The van der Waals surface area contributed by atoms with Crippen molar-refractivity contribution >= 4 is 22.4 Å². The number of fused-ring (bicyclic) bond motifs is 2. The average molecular weight is 537 g/mol. The Labute approximate surface area is 224 Å². The first-order chi connectivity index (χ1) is 18.4. The van der Waals surface area contributed by atoms with Crippen molar-refractivity contribution in [3.05, 3.63) is 75.8 Å². The Hall–Kier alpha value is -3.66. The molecular formula is C29H31F3N6O. The maximum atomic E-state index is 13.9. The van der Waals surface area contributed by atoms with Gasteiger partial charge >= 0.3 is 6.18 Å². The molecule has 204 valence electrons. The first-order valence-electron chi connectivity index (χ1n) is 13.2. The monoisotopic (exact) mass is 536 g/mol. The number of pyridine rings is 2. The third-order valence-corrected chi connectivity index (χ3v) is 8.00. The molecule has 1 saturated carbocycles. The van der Waals surface area contributed by atoms with Crippen LogP contribution in [0, 0.1) is 0 Å². The first kappa shape index (κ1) is 25.6. The number of hydrogen-bond donors (Lipinski definition) is 2. The second-order valence-corrected chi connectivity index (χ2v) is 11.4. The molecule has 4 heterocycles. The smallest absolute Gasteiger partial charge is 0.340 e. The first-order valence-corrected chi connectivity index (χ1v) is 13.2. The van der Waals surface area contributed by atoms with E-state index in [9.17, 15) is 18.0 Å². The zero-order chi connectivity index (χ0) is 27.7. The largest absolute Gasteiger partial charge is 0.399 e. The predicted octanol–water partition coefficient (Wildman–Crippen LogP) is 5.88. The molecule has 3 aromatic heterocycles. The van der Waals surface area contributed by atoms with Crippen molar-refractivity contribution in [1.82, 2.24) is 24.6 Å². The minimum atomic E-state index is -4.38. The Morgan fingerprint density at radius 2 is 1.87 bits per heavy atom. The highest BCUT2D eigenvalue weighted by Crippen LogP contribution is 2.58. The van der Waals surface area contributed by atoms with Crippen molar-refractivity contribution in [2.75, 3.05) is 11.9 Å². The van der Waals surface area contributed by atoms with Crippen molar-refractivity contribution in [2.45, 2.75) is 70.1 Å². The Morgan fingerprint density at radius 1 is 1.10 bits per heavy atom. The third-order valence-electron chi connectivity index (χ3n) is 8.00. The molecule has 0 unspecified atom stereocenters. The minimum absolute atomic E-state index is 0.0162. The quantitative estimate of drug-likeness (QED) is 0.333. The second kappa shape index (κ2) is 8.67. The standard InChI is InChI=1S/C29H31F3N6O/c1-17(2)37-26(39)20-16-33-24(35-19-8-9-21-18(14-19)10-13-34-27(21,3)4)15-22(20)38(37)25-7-5-6-23(36-25)28(11-12-28)29(30,31)32/h5-9,14-17,34H,10-13H2,1-4H3,(H,33,35). The Kier molecular flexibility index (Phi) is 5.70. The van der Waals surface area contributed by atoms with Crippen molar-refractivity contribution in [1.29, 1.82) is 0 Å². The number of nitrogens with zero attached hydrogens (tertiary/aromatic N) is 4. The van der Waals surface area contributed by atoms with Gasteiger partial charge in [-0.25, -0.2) is 19.3 Å². The van der Waals surface area contributed by atoms with Crippen LogP contribution >= 0.6 is 0 Å². The molecule has 2 N–H and O–H groups in total. The second-order valence-electron chi connectivity index (χ2n) is 11.4. The van der Waals surface area contributed by atoms with Crippen molar-refractivity contribution in [2.24, 2.45) is 0 Å². The number of alkyl halides is 3. The maximum Gasteiger partial charge on any atom is 0.399 e. The number of benzene rings is 1. The van der Waals surface area contributed by atoms with Gasteiger partial charge in [0.25, 0.3) is 5.56 Å². The number of halogens is 3. The summed E-state index contributed by atoms with van der Waals surface area (Å²) in [4.78, 5) is 22.3. The van der Waals surface area contributed by atoms with Crippen molar-refractivity contribution in [3.8, 4) is 5.82 Å². The van der Waals surface area contributed by atoms with Gasteiger partial charge in [0.05, 0.1) is 16.6 Å². The van der Waals surface area contributed by atoms with Crippen LogP contribution in [0.3, 0.4) is 0 Å². The van der Waals surface area contributed by atoms with Crippen LogP contribution in [0.4, 0.5) is 24.7 Å². The lowest BCUT2D eigenvalue weighted by molar-refractivity contribution is -0.161. The lowest BCUT2D eigenvalue weighted by Gasteiger charge is -2.34. The number of anilines is 2. The van der Waals surface area contributed by atoms with E-state index in [1.54, 1.807) is 22.9 Å². The van der Waals surface area contributed by atoms with Crippen LogP contribution in [-0.4, -0.2) is 32.1 Å². The van der Waals surface area contributed by atoms with E-state index < -0.39 is 11.6 Å². The number of nitrogens with one attached hydrogen (secondary N) is 2. The van der Waals surface area contributed by atoms with Crippen LogP contribution < -0.4 is 16.2 Å². The maximum absolute atomic E-state index is 13.9. The number of hydrogen-bond acceptors (Lipinski definition) is 5. The molecular weight excluding hydrogens is 505 g/mol.